The maximum absolute atomic E-state index is 12.6. The number of nitrogens with one attached hydrogen (secondary N) is 1. The molecule has 0 radical (unpaired) electrons. The van der Waals surface area contributed by atoms with Gasteiger partial charge in [0.15, 0.2) is 0 Å². The third kappa shape index (κ3) is 4.01. The quantitative estimate of drug-likeness (QED) is 0.253. The van der Waals surface area contributed by atoms with E-state index in [0.717, 1.165) is 14.9 Å². The van der Waals surface area contributed by atoms with Crippen molar-refractivity contribution in [2.45, 2.75) is 6.54 Å². The molecule has 0 bridgehead atoms. The van der Waals surface area contributed by atoms with Crippen LogP contribution in [0.25, 0.3) is 17.4 Å². The summed E-state index contributed by atoms with van der Waals surface area (Å²) in [5.41, 5.74) is 1.57. The molecule has 30 heavy (non-hydrogen) atoms. The van der Waals surface area contributed by atoms with E-state index in [1.54, 1.807) is 24.3 Å². The van der Waals surface area contributed by atoms with Crippen molar-refractivity contribution >= 4 is 39.6 Å². The Morgan fingerprint density at radius 3 is 2.40 bits per heavy atom. The normalized spacial score (nSPS) is 15.0. The van der Waals surface area contributed by atoms with Gasteiger partial charge < -0.3 is 9.73 Å². The zero-order valence-corrected chi connectivity index (χ0v) is 17.0. The standard InChI is InChI=1S/C21H14BrN3O5/c22-15-5-1-13(2-6-15)12-24-20(26)18(23-21(24)27)11-17-9-10-19(30-17)14-3-7-16(8-4-14)25(28)29/h1-11H,12H2,(H,23,27)/b18-11-. The van der Waals surface area contributed by atoms with Crippen LogP contribution in [-0.2, 0) is 11.3 Å². The molecule has 1 N–H and O–H groups in total. The van der Waals surface area contributed by atoms with Crippen molar-refractivity contribution in [2.24, 2.45) is 0 Å². The maximum Gasteiger partial charge on any atom is 0.329 e. The summed E-state index contributed by atoms with van der Waals surface area (Å²) in [6.07, 6.45) is 1.46. The number of furan rings is 1. The third-order valence-electron chi connectivity index (χ3n) is 4.49. The molecule has 9 heteroatoms. The fourth-order valence-electron chi connectivity index (χ4n) is 2.96. The topological polar surface area (TPSA) is 106 Å². The number of hydrogen-bond acceptors (Lipinski definition) is 5. The fourth-order valence-corrected chi connectivity index (χ4v) is 3.23. The van der Waals surface area contributed by atoms with Gasteiger partial charge in [0.2, 0.25) is 0 Å². The van der Waals surface area contributed by atoms with Gasteiger partial charge in [0.1, 0.15) is 17.2 Å². The van der Waals surface area contributed by atoms with Crippen molar-refractivity contribution in [3.63, 3.8) is 0 Å². The average Bonchev–Trinajstić information content (AvgIpc) is 3.30. The molecule has 2 aromatic carbocycles. The summed E-state index contributed by atoms with van der Waals surface area (Å²) >= 11 is 3.35. The van der Waals surface area contributed by atoms with E-state index in [2.05, 4.69) is 21.2 Å². The molecule has 1 aliphatic rings. The minimum atomic E-state index is -0.503. The molecule has 0 aliphatic carbocycles. The van der Waals surface area contributed by atoms with Gasteiger partial charge in [0.05, 0.1) is 11.5 Å². The van der Waals surface area contributed by atoms with Crippen LogP contribution in [0.5, 0.6) is 0 Å². The highest BCUT2D eigenvalue weighted by Crippen LogP contribution is 2.26. The summed E-state index contributed by atoms with van der Waals surface area (Å²) < 4.78 is 6.62. The van der Waals surface area contributed by atoms with Crippen molar-refractivity contribution in [2.75, 3.05) is 0 Å². The number of carbonyl (C=O) groups excluding carboxylic acids is 2. The van der Waals surface area contributed by atoms with E-state index < -0.39 is 16.9 Å². The van der Waals surface area contributed by atoms with E-state index in [-0.39, 0.29) is 17.9 Å². The molecular weight excluding hydrogens is 454 g/mol. The Morgan fingerprint density at radius 2 is 1.73 bits per heavy atom. The summed E-state index contributed by atoms with van der Waals surface area (Å²) in [5, 5.41) is 13.3. The molecule has 1 fully saturated rings. The van der Waals surface area contributed by atoms with Crippen molar-refractivity contribution in [1.29, 1.82) is 0 Å². The Hall–Kier alpha value is -3.72. The molecule has 4 rings (SSSR count). The summed E-state index contributed by atoms with van der Waals surface area (Å²) in [5.74, 6) is 0.411. The number of hydrogen-bond donors (Lipinski definition) is 1. The predicted octanol–water partition coefficient (Wildman–Crippen LogP) is 4.71. The van der Waals surface area contributed by atoms with Gasteiger partial charge in [0, 0.05) is 28.2 Å². The molecule has 3 aromatic rings. The molecule has 150 valence electrons. The van der Waals surface area contributed by atoms with Gasteiger partial charge >= 0.3 is 6.03 Å². The zero-order valence-electron chi connectivity index (χ0n) is 15.4. The van der Waals surface area contributed by atoms with Crippen LogP contribution in [0.4, 0.5) is 10.5 Å². The number of nitro benzene ring substituents is 1. The first-order valence-electron chi connectivity index (χ1n) is 8.84. The number of non-ortho nitro benzene ring substituents is 1. The Kier molecular flexibility index (Phi) is 5.20. The van der Waals surface area contributed by atoms with Gasteiger partial charge in [-0.1, -0.05) is 28.1 Å². The monoisotopic (exact) mass is 467 g/mol. The SMILES string of the molecule is O=C1N/C(=C\c2ccc(-c3ccc([N+](=O)[O-])cc3)o2)C(=O)N1Cc1ccc(Br)cc1. The molecule has 1 aromatic heterocycles. The van der Waals surface area contributed by atoms with Crippen LogP contribution in [0.1, 0.15) is 11.3 Å². The first kappa shape index (κ1) is 19.6. The van der Waals surface area contributed by atoms with Gasteiger partial charge in [-0.15, -0.1) is 0 Å². The van der Waals surface area contributed by atoms with Crippen molar-refractivity contribution in [3.8, 4) is 11.3 Å². The van der Waals surface area contributed by atoms with Gasteiger partial charge in [-0.25, -0.2) is 4.79 Å². The second kappa shape index (κ2) is 7.96. The lowest BCUT2D eigenvalue weighted by atomic mass is 10.1. The van der Waals surface area contributed by atoms with Crippen LogP contribution >= 0.6 is 15.9 Å². The Balaban J connectivity index is 1.51. The number of imide groups is 1. The third-order valence-corrected chi connectivity index (χ3v) is 5.02. The second-order valence-corrected chi connectivity index (χ2v) is 7.43. The zero-order chi connectivity index (χ0) is 21.3. The van der Waals surface area contributed by atoms with Crippen LogP contribution in [0.15, 0.2) is 75.3 Å². The summed E-state index contributed by atoms with van der Waals surface area (Å²) in [4.78, 5) is 36.3. The average molecular weight is 468 g/mol. The summed E-state index contributed by atoms with van der Waals surface area (Å²) in [6.45, 7) is 0.154. The fraction of sp³-hybridized carbons (Fsp3) is 0.0476. The first-order chi connectivity index (χ1) is 14.4. The van der Waals surface area contributed by atoms with Crippen molar-refractivity contribution in [1.82, 2.24) is 10.2 Å². The Morgan fingerprint density at radius 1 is 1.03 bits per heavy atom. The van der Waals surface area contributed by atoms with E-state index in [9.17, 15) is 19.7 Å². The van der Waals surface area contributed by atoms with E-state index in [0.29, 0.717) is 17.1 Å². The Labute approximate surface area is 179 Å². The largest absolute Gasteiger partial charge is 0.457 e. The number of nitro groups is 1. The molecule has 3 amide bonds. The van der Waals surface area contributed by atoms with Crippen LogP contribution < -0.4 is 5.32 Å². The lowest BCUT2D eigenvalue weighted by molar-refractivity contribution is -0.384. The number of amides is 3. The molecule has 0 unspecified atom stereocenters. The highest BCUT2D eigenvalue weighted by atomic mass is 79.9. The molecular formula is C21H14BrN3O5. The first-order valence-corrected chi connectivity index (χ1v) is 9.63. The molecule has 1 aliphatic heterocycles. The number of rotatable bonds is 5. The maximum atomic E-state index is 12.6. The van der Waals surface area contributed by atoms with Crippen LogP contribution in [-0.4, -0.2) is 21.8 Å². The lowest BCUT2D eigenvalue weighted by Gasteiger charge is -2.11. The van der Waals surface area contributed by atoms with Crippen molar-refractivity contribution in [3.05, 3.63) is 92.3 Å². The van der Waals surface area contributed by atoms with E-state index in [4.69, 9.17) is 4.42 Å². The number of benzene rings is 2. The predicted molar refractivity (Wildman–Crippen MR) is 112 cm³/mol. The summed E-state index contributed by atoms with van der Waals surface area (Å²) in [6, 6.07) is 16.1. The minimum absolute atomic E-state index is 0.0159. The smallest absolute Gasteiger partial charge is 0.329 e. The van der Waals surface area contributed by atoms with E-state index in [1.807, 2.05) is 24.3 Å². The number of carbonyl (C=O) groups is 2. The number of nitrogens with zero attached hydrogens (tertiary/aromatic N) is 2. The molecule has 0 atom stereocenters. The second-order valence-electron chi connectivity index (χ2n) is 6.51. The van der Waals surface area contributed by atoms with Gasteiger partial charge in [-0.2, -0.15) is 0 Å². The minimum Gasteiger partial charge on any atom is -0.457 e. The molecule has 2 heterocycles. The van der Waals surface area contributed by atoms with Crippen LogP contribution in [0.2, 0.25) is 0 Å². The van der Waals surface area contributed by atoms with Crippen LogP contribution in [0, 0.1) is 10.1 Å². The van der Waals surface area contributed by atoms with Crippen molar-refractivity contribution < 1.29 is 18.9 Å². The highest BCUT2D eigenvalue weighted by molar-refractivity contribution is 9.10. The molecule has 1 saturated heterocycles. The van der Waals surface area contributed by atoms with Gasteiger partial charge in [-0.05, 0) is 42.0 Å². The van der Waals surface area contributed by atoms with E-state index >= 15 is 0 Å². The van der Waals surface area contributed by atoms with Gasteiger partial charge in [0.25, 0.3) is 11.6 Å². The highest BCUT2D eigenvalue weighted by Gasteiger charge is 2.33. The molecule has 0 saturated carbocycles. The number of urea groups is 1. The van der Waals surface area contributed by atoms with E-state index in [1.165, 1.54) is 18.2 Å². The molecule has 8 nitrogen and oxygen atoms in total. The lowest BCUT2D eigenvalue weighted by Crippen LogP contribution is -2.30. The Bertz CT molecular complexity index is 1170. The number of halogens is 1. The summed E-state index contributed by atoms with van der Waals surface area (Å²) in [7, 11) is 0. The molecule has 0 spiro atoms. The van der Waals surface area contributed by atoms with Crippen LogP contribution in [0.3, 0.4) is 0 Å². The van der Waals surface area contributed by atoms with Gasteiger partial charge in [-0.3, -0.25) is 19.8 Å².